The van der Waals surface area contributed by atoms with Gasteiger partial charge in [-0.3, -0.25) is 9.59 Å². The second kappa shape index (κ2) is 9.29. The summed E-state index contributed by atoms with van der Waals surface area (Å²) in [4.78, 5) is 23.0. The van der Waals surface area contributed by atoms with Crippen LogP contribution in [-0.2, 0) is 25.8 Å². The van der Waals surface area contributed by atoms with Crippen molar-refractivity contribution >= 4 is 27.4 Å². The summed E-state index contributed by atoms with van der Waals surface area (Å²) in [7, 11) is -2.01. The molecule has 2 aromatic rings. The van der Waals surface area contributed by atoms with Gasteiger partial charge in [0, 0.05) is 24.8 Å². The Morgan fingerprint density at radius 3 is 2.22 bits per heavy atom. The molecule has 2 rings (SSSR count). The summed E-state index contributed by atoms with van der Waals surface area (Å²) >= 11 is 0. The molecule has 0 aliphatic rings. The summed E-state index contributed by atoms with van der Waals surface area (Å²) in [6.07, 6.45) is 0.466. The van der Waals surface area contributed by atoms with Gasteiger partial charge < -0.3 is 15.2 Å². The number of aliphatic carboxylic acids is 1. The average Bonchev–Trinajstić information content (AvgIpc) is 2.66. The average molecular weight is 391 g/mol. The molecule has 0 aromatic heterocycles. The number of aryl methyl sites for hydroxylation is 1. The van der Waals surface area contributed by atoms with Gasteiger partial charge in [0.25, 0.3) is 5.91 Å². The van der Waals surface area contributed by atoms with Gasteiger partial charge in [-0.1, -0.05) is 12.1 Å². The lowest BCUT2D eigenvalue weighted by atomic mass is 10.1. The van der Waals surface area contributed by atoms with Gasteiger partial charge in [0.1, 0.15) is 0 Å². The molecule has 8 heteroatoms. The van der Waals surface area contributed by atoms with Gasteiger partial charge in [0.05, 0.1) is 17.3 Å². The Balaban J connectivity index is 2.00. The number of nitrogens with one attached hydrogen (secondary N) is 1. The number of hydrogen-bond acceptors (Lipinski definition) is 5. The van der Waals surface area contributed by atoms with E-state index in [1.165, 1.54) is 31.4 Å². The predicted molar refractivity (Wildman–Crippen MR) is 101 cm³/mol. The number of sulfone groups is 1. The van der Waals surface area contributed by atoms with E-state index in [1.54, 1.807) is 24.3 Å². The van der Waals surface area contributed by atoms with E-state index in [4.69, 9.17) is 9.84 Å². The minimum absolute atomic E-state index is 0.0470. The molecule has 2 aromatic carbocycles. The number of benzene rings is 2. The summed E-state index contributed by atoms with van der Waals surface area (Å²) in [5, 5.41) is 11.4. The number of carbonyl (C=O) groups excluding carboxylic acids is 1. The molecule has 0 aliphatic heterocycles. The molecule has 0 aliphatic carbocycles. The van der Waals surface area contributed by atoms with Crippen LogP contribution in [0.2, 0.25) is 0 Å². The maximum absolute atomic E-state index is 12.3. The minimum Gasteiger partial charge on any atom is -0.481 e. The van der Waals surface area contributed by atoms with E-state index in [0.717, 1.165) is 5.56 Å². The quantitative estimate of drug-likeness (QED) is 0.679. The van der Waals surface area contributed by atoms with Crippen molar-refractivity contribution in [2.45, 2.75) is 17.7 Å². The Morgan fingerprint density at radius 2 is 1.67 bits per heavy atom. The number of ether oxygens (including phenoxy) is 1. The molecule has 1 amide bonds. The largest absolute Gasteiger partial charge is 0.481 e. The van der Waals surface area contributed by atoms with Crippen LogP contribution in [0.15, 0.2) is 53.4 Å². The van der Waals surface area contributed by atoms with Gasteiger partial charge >= 0.3 is 5.97 Å². The standard InChI is InChI=1S/C19H21NO6S/c1-26-12-13-27(24,25)17-9-5-15(6-10-17)19(23)20-16-7-2-14(3-8-16)4-11-18(21)22/h2-3,5-10H,4,11-13H2,1H3,(H,20,23)(H,21,22). The zero-order valence-electron chi connectivity index (χ0n) is 14.8. The Kier molecular flexibility index (Phi) is 7.09. The van der Waals surface area contributed by atoms with Gasteiger partial charge in [-0.05, 0) is 48.4 Å². The van der Waals surface area contributed by atoms with Gasteiger partial charge in [0.2, 0.25) is 0 Å². The van der Waals surface area contributed by atoms with Crippen LogP contribution < -0.4 is 5.32 Å². The SMILES string of the molecule is COCCS(=O)(=O)c1ccc(C(=O)Nc2ccc(CCC(=O)O)cc2)cc1. The number of amides is 1. The lowest BCUT2D eigenvalue weighted by molar-refractivity contribution is -0.136. The van der Waals surface area contributed by atoms with Crippen LogP contribution in [0.5, 0.6) is 0 Å². The van der Waals surface area contributed by atoms with Crippen molar-refractivity contribution in [1.82, 2.24) is 0 Å². The van der Waals surface area contributed by atoms with Gasteiger partial charge in [-0.25, -0.2) is 8.42 Å². The van der Waals surface area contributed by atoms with E-state index in [1.807, 2.05) is 0 Å². The van der Waals surface area contributed by atoms with Gasteiger partial charge in [-0.2, -0.15) is 0 Å². The first-order valence-corrected chi connectivity index (χ1v) is 9.91. The third-order valence-electron chi connectivity index (χ3n) is 3.87. The molecule has 0 heterocycles. The van der Waals surface area contributed by atoms with Crippen molar-refractivity contribution in [3.05, 3.63) is 59.7 Å². The van der Waals surface area contributed by atoms with Crippen LogP contribution in [0.4, 0.5) is 5.69 Å². The molecule has 0 radical (unpaired) electrons. The highest BCUT2D eigenvalue weighted by Crippen LogP contribution is 2.15. The van der Waals surface area contributed by atoms with E-state index >= 15 is 0 Å². The van der Waals surface area contributed by atoms with E-state index in [2.05, 4.69) is 5.32 Å². The monoisotopic (exact) mass is 391 g/mol. The van der Waals surface area contributed by atoms with E-state index < -0.39 is 15.8 Å². The fraction of sp³-hybridized carbons (Fsp3) is 0.263. The zero-order valence-corrected chi connectivity index (χ0v) is 15.7. The zero-order chi connectivity index (χ0) is 19.9. The summed E-state index contributed by atoms with van der Waals surface area (Å²) < 4.78 is 28.9. The molecule has 0 spiro atoms. The van der Waals surface area contributed by atoms with Crippen LogP contribution in [0.1, 0.15) is 22.3 Å². The highest BCUT2D eigenvalue weighted by Gasteiger charge is 2.15. The number of hydrogen-bond donors (Lipinski definition) is 2. The Bertz CT molecular complexity index is 889. The minimum atomic E-state index is -3.44. The second-order valence-electron chi connectivity index (χ2n) is 5.88. The smallest absolute Gasteiger partial charge is 0.303 e. The lowest BCUT2D eigenvalue weighted by Gasteiger charge is -2.08. The maximum atomic E-state index is 12.3. The molecule has 144 valence electrons. The molecule has 0 unspecified atom stereocenters. The Labute approximate surface area is 157 Å². The van der Waals surface area contributed by atoms with E-state index in [-0.39, 0.29) is 29.6 Å². The molecular formula is C19H21NO6S. The first-order chi connectivity index (χ1) is 12.8. The third-order valence-corrected chi connectivity index (χ3v) is 5.57. The van der Waals surface area contributed by atoms with Gasteiger partial charge in [0.15, 0.2) is 9.84 Å². The number of carboxylic acids is 1. The van der Waals surface area contributed by atoms with Crippen molar-refractivity contribution in [1.29, 1.82) is 0 Å². The topological polar surface area (TPSA) is 110 Å². The molecule has 0 fully saturated rings. The number of anilines is 1. The summed E-state index contributed by atoms with van der Waals surface area (Å²) in [6.45, 7) is 0.104. The molecule has 0 atom stereocenters. The summed E-state index contributed by atoms with van der Waals surface area (Å²) in [5.74, 6) is -1.35. The Hall–Kier alpha value is -2.71. The van der Waals surface area contributed by atoms with Crippen molar-refractivity contribution in [2.75, 3.05) is 24.8 Å². The summed E-state index contributed by atoms with van der Waals surface area (Å²) in [6, 6.07) is 12.6. The number of carbonyl (C=O) groups is 2. The Morgan fingerprint density at radius 1 is 1.04 bits per heavy atom. The number of methoxy groups -OCH3 is 1. The van der Waals surface area contributed by atoms with Crippen LogP contribution in [-0.4, -0.2) is 44.9 Å². The van der Waals surface area contributed by atoms with Crippen molar-refractivity contribution in [2.24, 2.45) is 0 Å². The normalized spacial score (nSPS) is 11.1. The maximum Gasteiger partial charge on any atom is 0.303 e. The predicted octanol–water partition coefficient (Wildman–Crippen LogP) is 2.38. The van der Waals surface area contributed by atoms with Crippen LogP contribution >= 0.6 is 0 Å². The molecule has 0 saturated heterocycles. The highest BCUT2D eigenvalue weighted by molar-refractivity contribution is 7.91. The third kappa shape index (κ3) is 6.19. The first kappa shape index (κ1) is 20.6. The lowest BCUT2D eigenvalue weighted by Crippen LogP contribution is -2.14. The van der Waals surface area contributed by atoms with E-state index in [9.17, 15) is 18.0 Å². The number of rotatable bonds is 9. The molecule has 0 saturated carbocycles. The van der Waals surface area contributed by atoms with E-state index in [0.29, 0.717) is 17.7 Å². The van der Waals surface area contributed by atoms with Crippen LogP contribution in [0, 0.1) is 0 Å². The summed E-state index contributed by atoms with van der Waals surface area (Å²) in [5.41, 5.74) is 1.76. The highest BCUT2D eigenvalue weighted by atomic mass is 32.2. The van der Waals surface area contributed by atoms with Crippen LogP contribution in [0.3, 0.4) is 0 Å². The number of carboxylic acid groups (broad SMARTS) is 1. The molecule has 7 nitrogen and oxygen atoms in total. The molecule has 2 N–H and O–H groups in total. The molecule has 27 heavy (non-hydrogen) atoms. The van der Waals surface area contributed by atoms with Crippen molar-refractivity contribution in [3.63, 3.8) is 0 Å². The van der Waals surface area contributed by atoms with Crippen molar-refractivity contribution < 1.29 is 27.9 Å². The van der Waals surface area contributed by atoms with Crippen molar-refractivity contribution in [3.8, 4) is 0 Å². The second-order valence-corrected chi connectivity index (χ2v) is 7.99. The fourth-order valence-electron chi connectivity index (χ4n) is 2.33. The molecule has 0 bridgehead atoms. The van der Waals surface area contributed by atoms with Gasteiger partial charge in [-0.15, -0.1) is 0 Å². The van der Waals surface area contributed by atoms with Crippen LogP contribution in [0.25, 0.3) is 0 Å². The molecular weight excluding hydrogens is 370 g/mol. The first-order valence-electron chi connectivity index (χ1n) is 8.25. The fourth-order valence-corrected chi connectivity index (χ4v) is 3.51.